The molecule has 1 aliphatic carbocycles. The lowest BCUT2D eigenvalue weighted by Gasteiger charge is -2.25. The smallest absolute Gasteiger partial charge is 0.254 e. The number of aromatic nitrogens is 1. The molecule has 2 aromatic rings. The highest BCUT2D eigenvalue weighted by Gasteiger charge is 2.39. The molecule has 0 unspecified atom stereocenters. The van der Waals surface area contributed by atoms with Gasteiger partial charge in [0.1, 0.15) is 5.76 Å². The first kappa shape index (κ1) is 15.9. The molecule has 130 valence electrons. The summed E-state index contributed by atoms with van der Waals surface area (Å²) in [6.45, 7) is 0.448. The number of carbonyl (C=O) groups excluding carboxylic acids is 2. The van der Waals surface area contributed by atoms with Crippen LogP contribution in [0.25, 0.3) is 0 Å². The molecule has 4 rings (SSSR count). The first-order valence-electron chi connectivity index (χ1n) is 8.66. The van der Waals surface area contributed by atoms with E-state index in [0.29, 0.717) is 24.4 Å². The molecule has 2 fully saturated rings. The molecule has 1 saturated carbocycles. The number of hydrogen-bond acceptors (Lipinski definition) is 4. The highest BCUT2D eigenvalue weighted by atomic mass is 16.3. The number of pyridine rings is 1. The summed E-state index contributed by atoms with van der Waals surface area (Å²) >= 11 is 0. The van der Waals surface area contributed by atoms with Crippen LogP contribution in [0.5, 0.6) is 0 Å². The maximum atomic E-state index is 12.5. The molecule has 25 heavy (non-hydrogen) atoms. The summed E-state index contributed by atoms with van der Waals surface area (Å²) in [6.07, 6.45) is 7.67. The van der Waals surface area contributed by atoms with E-state index < -0.39 is 0 Å². The van der Waals surface area contributed by atoms with Crippen LogP contribution in [0, 0.1) is 5.92 Å². The highest BCUT2D eigenvalue weighted by molar-refractivity contribution is 5.95. The quantitative estimate of drug-likeness (QED) is 0.908. The van der Waals surface area contributed by atoms with Gasteiger partial charge in [-0.1, -0.05) is 6.07 Å². The largest absolute Gasteiger partial charge is 0.468 e. The average molecular weight is 339 g/mol. The number of furan rings is 1. The number of amides is 2. The second kappa shape index (κ2) is 6.35. The van der Waals surface area contributed by atoms with Crippen molar-refractivity contribution in [2.45, 2.75) is 31.2 Å². The molecule has 0 radical (unpaired) electrons. The van der Waals surface area contributed by atoms with E-state index in [1.54, 1.807) is 29.6 Å². The highest BCUT2D eigenvalue weighted by Crippen LogP contribution is 2.42. The molecule has 2 aromatic heterocycles. The molecule has 2 amide bonds. The van der Waals surface area contributed by atoms with Crippen LogP contribution in [-0.4, -0.2) is 35.3 Å². The maximum absolute atomic E-state index is 12.5. The van der Waals surface area contributed by atoms with Crippen molar-refractivity contribution in [2.75, 3.05) is 13.6 Å². The summed E-state index contributed by atoms with van der Waals surface area (Å²) in [6, 6.07) is 5.51. The van der Waals surface area contributed by atoms with Gasteiger partial charge in [0.05, 0.1) is 17.9 Å². The number of carbonyl (C=O) groups is 2. The van der Waals surface area contributed by atoms with Crippen molar-refractivity contribution < 1.29 is 14.0 Å². The Morgan fingerprint density at radius 1 is 1.40 bits per heavy atom. The van der Waals surface area contributed by atoms with Gasteiger partial charge in [0, 0.05) is 44.2 Å². The summed E-state index contributed by atoms with van der Waals surface area (Å²) in [7, 11) is 1.81. The Balaban J connectivity index is 1.46. The van der Waals surface area contributed by atoms with Gasteiger partial charge in [0.25, 0.3) is 5.91 Å². The van der Waals surface area contributed by atoms with E-state index in [2.05, 4.69) is 10.3 Å². The summed E-state index contributed by atoms with van der Waals surface area (Å²) in [5, 5.41) is 2.99. The van der Waals surface area contributed by atoms with E-state index in [4.69, 9.17) is 4.42 Å². The molecule has 2 aliphatic rings. The van der Waals surface area contributed by atoms with Crippen LogP contribution in [0.2, 0.25) is 0 Å². The van der Waals surface area contributed by atoms with E-state index in [9.17, 15) is 9.59 Å². The number of rotatable bonds is 5. The minimum Gasteiger partial charge on any atom is -0.468 e. The predicted molar refractivity (Wildman–Crippen MR) is 90.9 cm³/mol. The van der Waals surface area contributed by atoms with Crippen molar-refractivity contribution in [3.05, 3.63) is 53.7 Å². The van der Waals surface area contributed by atoms with Gasteiger partial charge < -0.3 is 14.6 Å². The third-order valence-electron chi connectivity index (χ3n) is 5.13. The third kappa shape index (κ3) is 3.04. The van der Waals surface area contributed by atoms with Crippen LogP contribution in [-0.2, 0) is 4.79 Å². The first-order valence-corrected chi connectivity index (χ1v) is 8.66. The predicted octanol–water partition coefficient (Wildman–Crippen LogP) is 2.50. The van der Waals surface area contributed by atoms with Gasteiger partial charge in [-0.2, -0.15) is 0 Å². The molecule has 6 nitrogen and oxygen atoms in total. The van der Waals surface area contributed by atoms with E-state index in [1.807, 2.05) is 19.2 Å². The molecule has 0 aromatic carbocycles. The van der Waals surface area contributed by atoms with Crippen molar-refractivity contribution in [3.8, 4) is 0 Å². The minimum atomic E-state index is -0.123. The number of nitrogens with one attached hydrogen (secondary N) is 1. The summed E-state index contributed by atoms with van der Waals surface area (Å²) < 4.78 is 5.47. The second-order valence-electron chi connectivity index (χ2n) is 6.88. The van der Waals surface area contributed by atoms with Crippen molar-refractivity contribution in [3.63, 3.8) is 0 Å². The Kier molecular flexibility index (Phi) is 4.03. The van der Waals surface area contributed by atoms with E-state index in [-0.39, 0.29) is 23.8 Å². The Hall–Kier alpha value is -2.63. The molecule has 0 bridgehead atoms. The first-order chi connectivity index (χ1) is 12.1. The van der Waals surface area contributed by atoms with Gasteiger partial charge in [-0.25, -0.2) is 0 Å². The summed E-state index contributed by atoms with van der Waals surface area (Å²) in [4.78, 5) is 30.6. The van der Waals surface area contributed by atoms with E-state index in [0.717, 1.165) is 24.2 Å². The zero-order valence-electron chi connectivity index (χ0n) is 14.1. The molecule has 1 saturated heterocycles. The van der Waals surface area contributed by atoms with Crippen molar-refractivity contribution in [2.24, 2.45) is 5.92 Å². The lowest BCUT2D eigenvalue weighted by atomic mass is 9.94. The number of hydrogen-bond donors (Lipinski definition) is 1. The lowest BCUT2D eigenvalue weighted by Crippen LogP contribution is -2.32. The Morgan fingerprint density at radius 3 is 2.96 bits per heavy atom. The van der Waals surface area contributed by atoms with Crippen LogP contribution in [0.4, 0.5) is 0 Å². The van der Waals surface area contributed by atoms with E-state index >= 15 is 0 Å². The zero-order chi connectivity index (χ0) is 17.4. The van der Waals surface area contributed by atoms with Crippen LogP contribution >= 0.6 is 0 Å². The molecule has 3 heterocycles. The summed E-state index contributed by atoms with van der Waals surface area (Å²) in [5.41, 5.74) is 1.62. The average Bonchev–Trinajstić information content (AvgIpc) is 3.28. The van der Waals surface area contributed by atoms with Gasteiger partial charge in [0.2, 0.25) is 5.91 Å². The van der Waals surface area contributed by atoms with Crippen molar-refractivity contribution in [1.29, 1.82) is 0 Å². The molecule has 6 heteroatoms. The van der Waals surface area contributed by atoms with Gasteiger partial charge in [-0.15, -0.1) is 0 Å². The van der Waals surface area contributed by atoms with Crippen LogP contribution < -0.4 is 5.32 Å². The Morgan fingerprint density at radius 2 is 2.24 bits per heavy atom. The van der Waals surface area contributed by atoms with Crippen molar-refractivity contribution in [1.82, 2.24) is 15.2 Å². The third-order valence-corrected chi connectivity index (χ3v) is 5.13. The molecular formula is C19H21N3O3. The monoisotopic (exact) mass is 339 g/mol. The second-order valence-corrected chi connectivity index (χ2v) is 6.88. The van der Waals surface area contributed by atoms with Gasteiger partial charge in [-0.05, 0) is 30.5 Å². The zero-order valence-corrected chi connectivity index (χ0v) is 14.1. The molecule has 0 spiro atoms. The standard InChI is InChI=1S/C19H21N3O3/c1-22-16(23)9-14(17(22)13-3-2-7-20-10-13)11-21-19(24)15-6-8-25-18(15)12-4-5-12/h2-3,6-8,10,12,14,17H,4-5,9,11H2,1H3,(H,21,24)/t14-,17-/m0/s1. The van der Waals surface area contributed by atoms with Crippen LogP contribution in [0.3, 0.4) is 0 Å². The number of likely N-dealkylation sites (tertiary alicyclic amines) is 1. The molecule has 1 aliphatic heterocycles. The lowest BCUT2D eigenvalue weighted by molar-refractivity contribution is -0.127. The van der Waals surface area contributed by atoms with E-state index in [1.165, 1.54) is 0 Å². The minimum absolute atomic E-state index is 0.0296. The molecular weight excluding hydrogens is 318 g/mol. The van der Waals surface area contributed by atoms with Crippen LogP contribution in [0.1, 0.15) is 52.9 Å². The Labute approximate surface area is 146 Å². The topological polar surface area (TPSA) is 75.4 Å². The maximum Gasteiger partial charge on any atom is 0.254 e. The van der Waals surface area contributed by atoms with Crippen molar-refractivity contribution >= 4 is 11.8 Å². The number of nitrogens with zero attached hydrogens (tertiary/aromatic N) is 2. The SMILES string of the molecule is CN1C(=O)C[C@@H](CNC(=O)c2ccoc2C2CC2)[C@@H]1c1cccnc1. The van der Waals surface area contributed by atoms with Crippen LogP contribution in [0.15, 0.2) is 41.3 Å². The fraction of sp³-hybridized carbons (Fsp3) is 0.421. The van der Waals surface area contributed by atoms with Gasteiger partial charge >= 0.3 is 0 Å². The molecule has 1 N–H and O–H groups in total. The van der Waals surface area contributed by atoms with Gasteiger partial charge in [0.15, 0.2) is 0 Å². The van der Waals surface area contributed by atoms with Gasteiger partial charge in [-0.3, -0.25) is 14.6 Å². The fourth-order valence-corrected chi connectivity index (χ4v) is 3.67. The molecule has 2 atom stereocenters. The fourth-order valence-electron chi connectivity index (χ4n) is 3.67. The Bertz CT molecular complexity index is 782. The normalized spacial score (nSPS) is 23.1. The summed E-state index contributed by atoms with van der Waals surface area (Å²) in [5.74, 6) is 1.18.